The molecule has 33 heavy (non-hydrogen) atoms. The molecular formula is C24H36ClN3O5. The van der Waals surface area contributed by atoms with Crippen LogP contribution < -0.4 is 10.6 Å². The number of hydrogen-bond donors (Lipinski definition) is 2. The molecule has 1 rings (SSSR count). The predicted molar refractivity (Wildman–Crippen MR) is 128 cm³/mol. The number of ether oxygens (including phenoxy) is 1. The van der Waals surface area contributed by atoms with Gasteiger partial charge in [0.2, 0.25) is 17.7 Å². The fraction of sp³-hybridized carbons (Fsp3) is 0.583. The van der Waals surface area contributed by atoms with Gasteiger partial charge in [-0.15, -0.1) is 0 Å². The van der Waals surface area contributed by atoms with Crippen molar-refractivity contribution in [2.75, 3.05) is 20.7 Å². The summed E-state index contributed by atoms with van der Waals surface area (Å²) < 4.78 is 19.7. The normalized spacial score (nSPS) is 13.9. The number of benzene rings is 1. The average molecular weight is 484 g/mol. The molecule has 0 aliphatic heterocycles. The van der Waals surface area contributed by atoms with Gasteiger partial charge < -0.3 is 20.3 Å². The lowest BCUT2D eigenvalue weighted by Gasteiger charge is -2.30. The Hall–Kier alpha value is -2.61. The molecule has 3 amide bonds. The van der Waals surface area contributed by atoms with E-state index in [1.165, 1.54) is 0 Å². The lowest BCUT2D eigenvalue weighted by atomic mass is 9.83. The van der Waals surface area contributed by atoms with Crippen molar-refractivity contribution < 1.29 is 26.7 Å². The van der Waals surface area contributed by atoms with E-state index in [0.29, 0.717) is 5.02 Å². The number of rotatable bonds is 11. The zero-order valence-electron chi connectivity index (χ0n) is 21.9. The van der Waals surface area contributed by atoms with Gasteiger partial charge in [0.15, 0.2) is 0 Å². The molecule has 0 heterocycles. The number of carbonyl (C=O) groups excluding carboxylic acids is 4. The van der Waals surface area contributed by atoms with E-state index in [4.69, 9.17) is 19.1 Å². The topological polar surface area (TPSA) is 105 Å². The van der Waals surface area contributed by atoms with Crippen molar-refractivity contribution >= 4 is 35.3 Å². The number of halogens is 1. The monoisotopic (exact) mass is 483 g/mol. The number of esters is 1. The molecule has 0 aliphatic rings. The highest BCUT2D eigenvalue weighted by atomic mass is 35.5. The van der Waals surface area contributed by atoms with E-state index in [9.17, 15) is 19.2 Å². The van der Waals surface area contributed by atoms with Crippen molar-refractivity contribution in [1.29, 1.82) is 0 Å². The zero-order chi connectivity index (χ0) is 26.8. The maximum Gasteiger partial charge on any atom is 0.328 e. The molecule has 1 aromatic rings. The number of nitrogens with one attached hydrogen (secondary N) is 2. The molecule has 0 saturated heterocycles. The van der Waals surface area contributed by atoms with E-state index in [1.54, 1.807) is 58.9 Å². The molecule has 0 unspecified atom stereocenters. The predicted octanol–water partition coefficient (Wildman–Crippen LogP) is 2.67. The Kier molecular flexibility index (Phi) is 9.54. The molecule has 0 aliphatic carbocycles. The van der Waals surface area contributed by atoms with Gasteiger partial charge in [-0.1, -0.05) is 37.6 Å². The van der Waals surface area contributed by atoms with Crippen LogP contribution in [0.25, 0.3) is 0 Å². The van der Waals surface area contributed by atoms with Gasteiger partial charge in [-0.3, -0.25) is 14.4 Å². The van der Waals surface area contributed by atoms with Gasteiger partial charge in [0.05, 0.1) is 12.0 Å². The Labute approximate surface area is 204 Å². The Morgan fingerprint density at radius 2 is 1.73 bits per heavy atom. The number of carbonyl (C=O) groups is 4. The molecule has 8 nitrogen and oxygen atoms in total. The Balaban J connectivity index is 3.00. The summed E-state index contributed by atoms with van der Waals surface area (Å²) in [6.07, 6.45) is -0.210. The molecule has 0 saturated carbocycles. The minimum Gasteiger partial charge on any atom is -0.464 e. The first-order valence-electron chi connectivity index (χ1n) is 12.2. The van der Waals surface area contributed by atoms with Gasteiger partial charge in [-0.25, -0.2) is 4.79 Å². The second-order valence-electron chi connectivity index (χ2n) is 8.61. The van der Waals surface area contributed by atoms with Gasteiger partial charge in [0, 0.05) is 28.2 Å². The number of hydrogen-bond acceptors (Lipinski definition) is 5. The second-order valence-corrected chi connectivity index (χ2v) is 9.05. The van der Waals surface area contributed by atoms with Crippen LogP contribution in [0.1, 0.15) is 55.8 Å². The van der Waals surface area contributed by atoms with Crippen LogP contribution in [0.5, 0.6) is 0 Å². The third kappa shape index (κ3) is 8.35. The van der Waals surface area contributed by atoms with Crippen LogP contribution in [0.4, 0.5) is 0 Å². The standard InChI is InChI=1S/C24H36ClN3O5/c1-8-33-22(31)18(13-14-19(29)28(6)7)26-21(30)20(15(2)3)27-23(32)24(4,5)16-9-11-17(25)12-10-16/h9-12,15,18,20H,8,13-14H2,1-7H3,(H,26,30)(H,27,32)/t18-,20-/m0/s1/i6D,7D. The van der Waals surface area contributed by atoms with E-state index < -0.39 is 35.3 Å². The third-order valence-corrected chi connectivity index (χ3v) is 5.51. The third-order valence-electron chi connectivity index (χ3n) is 5.26. The molecule has 9 heteroatoms. The fourth-order valence-electron chi connectivity index (χ4n) is 3.03. The van der Waals surface area contributed by atoms with Crippen LogP contribution in [0.3, 0.4) is 0 Å². The Morgan fingerprint density at radius 3 is 2.24 bits per heavy atom. The fourth-order valence-corrected chi connectivity index (χ4v) is 3.16. The van der Waals surface area contributed by atoms with E-state index in [0.717, 1.165) is 10.5 Å². The van der Waals surface area contributed by atoms with Crippen molar-refractivity contribution in [1.82, 2.24) is 15.5 Å². The Bertz CT molecular complexity index is 876. The molecule has 0 radical (unpaired) electrons. The summed E-state index contributed by atoms with van der Waals surface area (Å²) in [7, 11) is -0.743. The lowest BCUT2D eigenvalue weighted by molar-refractivity contribution is -0.148. The summed E-state index contributed by atoms with van der Waals surface area (Å²) in [6.45, 7) is 8.72. The summed E-state index contributed by atoms with van der Waals surface area (Å²) >= 11 is 5.95. The van der Waals surface area contributed by atoms with Crippen LogP contribution in [0.2, 0.25) is 5.02 Å². The van der Waals surface area contributed by atoms with Crippen molar-refractivity contribution in [3.8, 4) is 0 Å². The van der Waals surface area contributed by atoms with Crippen LogP contribution in [0, 0.1) is 5.92 Å². The first-order chi connectivity index (χ1) is 16.4. The highest BCUT2D eigenvalue weighted by Crippen LogP contribution is 2.25. The summed E-state index contributed by atoms with van der Waals surface area (Å²) in [5, 5.41) is 5.94. The molecule has 0 fully saturated rings. The van der Waals surface area contributed by atoms with Gasteiger partial charge in [0.1, 0.15) is 12.1 Å². The van der Waals surface area contributed by atoms with Gasteiger partial charge in [-0.05, 0) is 50.8 Å². The van der Waals surface area contributed by atoms with E-state index >= 15 is 0 Å². The van der Waals surface area contributed by atoms with E-state index in [2.05, 4.69) is 10.6 Å². The molecule has 0 spiro atoms. The maximum absolute atomic E-state index is 13.1. The zero-order valence-corrected chi connectivity index (χ0v) is 20.7. The summed E-state index contributed by atoms with van der Waals surface area (Å²) in [6, 6.07) is 4.81. The highest BCUT2D eigenvalue weighted by molar-refractivity contribution is 6.30. The first-order valence-corrected chi connectivity index (χ1v) is 11.2. The second kappa shape index (κ2) is 12.6. The molecule has 0 bridgehead atoms. The molecule has 2 N–H and O–H groups in total. The van der Waals surface area contributed by atoms with Crippen LogP contribution in [0.15, 0.2) is 24.3 Å². The van der Waals surface area contributed by atoms with Crippen molar-refractivity contribution in [3.05, 3.63) is 34.9 Å². The minimum atomic E-state index is -1.12. The van der Waals surface area contributed by atoms with E-state index in [1.807, 2.05) is 0 Å². The van der Waals surface area contributed by atoms with Crippen LogP contribution >= 0.6 is 11.6 Å². The van der Waals surface area contributed by atoms with Crippen LogP contribution in [-0.2, 0) is 29.3 Å². The quantitative estimate of drug-likeness (QED) is 0.471. The van der Waals surface area contributed by atoms with Crippen molar-refractivity contribution in [2.24, 2.45) is 5.92 Å². The number of nitrogens with zero attached hydrogens (tertiary/aromatic N) is 1. The molecular weight excluding hydrogens is 446 g/mol. The van der Waals surface area contributed by atoms with Crippen LogP contribution in [-0.4, -0.2) is 61.3 Å². The minimum absolute atomic E-state index is 0.0606. The molecule has 0 aromatic heterocycles. The van der Waals surface area contributed by atoms with Gasteiger partial charge >= 0.3 is 5.97 Å². The van der Waals surface area contributed by atoms with Crippen molar-refractivity contribution in [2.45, 2.75) is 65.0 Å². The maximum atomic E-state index is 13.1. The lowest BCUT2D eigenvalue weighted by Crippen LogP contribution is -2.56. The largest absolute Gasteiger partial charge is 0.464 e. The molecule has 2 atom stereocenters. The van der Waals surface area contributed by atoms with Crippen molar-refractivity contribution in [3.63, 3.8) is 0 Å². The summed E-state index contributed by atoms with van der Waals surface area (Å²) in [4.78, 5) is 51.9. The first kappa shape index (κ1) is 25.0. The summed E-state index contributed by atoms with van der Waals surface area (Å²) in [5.41, 5.74) is -0.236. The average Bonchev–Trinajstić information content (AvgIpc) is 2.80. The highest BCUT2D eigenvalue weighted by Gasteiger charge is 2.35. The smallest absolute Gasteiger partial charge is 0.328 e. The van der Waals surface area contributed by atoms with Gasteiger partial charge in [0.25, 0.3) is 0 Å². The van der Waals surface area contributed by atoms with Gasteiger partial charge in [-0.2, -0.15) is 0 Å². The molecule has 1 aromatic carbocycles. The molecule has 184 valence electrons. The van der Waals surface area contributed by atoms with E-state index in [-0.39, 0.29) is 45.3 Å². The Morgan fingerprint density at radius 1 is 1.12 bits per heavy atom. The number of amides is 3. The summed E-state index contributed by atoms with van der Waals surface area (Å²) in [5.74, 6) is -2.43. The SMILES string of the molecule is [2H]CN(C[2H])C(=O)CC[C@H](NC(=O)[C@@H](NC(=O)C(C)(C)c1ccc(Cl)cc1)C(C)C)C(=O)OCC.